The lowest BCUT2D eigenvalue weighted by atomic mass is 9.84. The number of rotatable bonds is 16. The van der Waals surface area contributed by atoms with Crippen molar-refractivity contribution in [2.24, 2.45) is 0 Å². The lowest BCUT2D eigenvalue weighted by Crippen LogP contribution is -2.67. The van der Waals surface area contributed by atoms with Gasteiger partial charge in [-0.25, -0.2) is 0 Å². The van der Waals surface area contributed by atoms with Gasteiger partial charge in [0.15, 0.2) is 24.0 Å². The highest BCUT2D eigenvalue weighted by Crippen LogP contribution is 2.47. The summed E-state index contributed by atoms with van der Waals surface area (Å²) >= 11 is 3.52. The van der Waals surface area contributed by atoms with Crippen LogP contribution < -0.4 is 0 Å². The fourth-order valence-corrected chi connectivity index (χ4v) is 8.79. The van der Waals surface area contributed by atoms with Gasteiger partial charge >= 0.3 is 5.97 Å². The Kier molecular flexibility index (Phi) is 14.0. The second kappa shape index (κ2) is 19.4. The van der Waals surface area contributed by atoms with Crippen LogP contribution in [0.3, 0.4) is 0 Å². The lowest BCUT2D eigenvalue weighted by molar-refractivity contribution is -0.344. The van der Waals surface area contributed by atoms with E-state index in [-0.39, 0.29) is 19.8 Å². The zero-order valence-electron chi connectivity index (χ0n) is 35.1. The molecule has 8 rings (SSSR count). The van der Waals surface area contributed by atoms with Gasteiger partial charge in [0.05, 0.1) is 33.0 Å². The molecule has 4 fully saturated rings. The summed E-state index contributed by atoms with van der Waals surface area (Å²) < 4.78 is 74.3. The van der Waals surface area contributed by atoms with Crippen molar-refractivity contribution in [1.29, 1.82) is 0 Å². The Morgan fingerprint density at radius 1 is 0.541 bits per heavy atom. The largest absolute Gasteiger partial charge is 0.454 e. The number of hydrogen-bond donors (Lipinski definition) is 0. The third-order valence-corrected chi connectivity index (χ3v) is 11.7. The summed E-state index contributed by atoms with van der Waals surface area (Å²) in [7, 11) is 0. The Bertz CT molecular complexity index is 1970. The van der Waals surface area contributed by atoms with Crippen molar-refractivity contribution in [2.75, 3.05) is 6.61 Å². The second-order valence-electron chi connectivity index (χ2n) is 16.8. The smallest absolute Gasteiger partial charge is 0.303 e. The molecule has 0 aromatic heterocycles. The van der Waals surface area contributed by atoms with Gasteiger partial charge in [0, 0.05) is 11.4 Å². The van der Waals surface area contributed by atoms with E-state index >= 15 is 0 Å². The summed E-state index contributed by atoms with van der Waals surface area (Å²) in [4.78, 5) is 13.1. The first-order valence-electron chi connectivity index (χ1n) is 20.9. The Morgan fingerprint density at radius 3 is 1.46 bits per heavy atom. The minimum Gasteiger partial charge on any atom is -0.454 e. The minimum absolute atomic E-state index is 0.111. The maximum absolute atomic E-state index is 13.1. The highest BCUT2D eigenvalue weighted by Gasteiger charge is 2.65. The molecule has 4 aromatic carbocycles. The van der Waals surface area contributed by atoms with Crippen LogP contribution in [0.25, 0.3) is 0 Å². The lowest BCUT2D eigenvalue weighted by Gasteiger charge is -2.48. The van der Waals surface area contributed by atoms with Crippen LogP contribution in [0, 0.1) is 0 Å². The van der Waals surface area contributed by atoms with Crippen molar-refractivity contribution in [3.05, 3.63) is 142 Å². The number of carbonyl (C=O) groups is 1. The Hall–Kier alpha value is -3.57. The molecule has 13 heteroatoms. The molecule has 3 saturated heterocycles. The number of esters is 1. The van der Waals surface area contributed by atoms with E-state index in [0.717, 1.165) is 26.7 Å². The highest BCUT2D eigenvalue weighted by molar-refractivity contribution is 9.10. The molecule has 326 valence electrons. The molecule has 1 saturated carbocycles. The van der Waals surface area contributed by atoms with Crippen molar-refractivity contribution in [3.8, 4) is 0 Å². The van der Waals surface area contributed by atoms with Gasteiger partial charge in [0.25, 0.3) is 0 Å². The first kappa shape index (κ1) is 44.1. The third-order valence-electron chi connectivity index (χ3n) is 11.1. The third kappa shape index (κ3) is 11.0. The molecule has 61 heavy (non-hydrogen) atoms. The summed E-state index contributed by atoms with van der Waals surface area (Å²) in [5, 5.41) is 0. The predicted octanol–water partition coefficient (Wildman–Crippen LogP) is 7.82. The van der Waals surface area contributed by atoms with E-state index in [1.807, 2.05) is 143 Å². The van der Waals surface area contributed by atoms with Crippen molar-refractivity contribution in [1.82, 2.24) is 0 Å². The van der Waals surface area contributed by atoms with Crippen molar-refractivity contribution in [3.63, 3.8) is 0 Å². The van der Waals surface area contributed by atoms with E-state index in [9.17, 15) is 4.79 Å². The summed E-state index contributed by atoms with van der Waals surface area (Å²) in [6.45, 7) is 9.98. The molecule has 0 amide bonds. The van der Waals surface area contributed by atoms with Crippen molar-refractivity contribution < 1.29 is 56.9 Å². The number of fused-ring (bicyclic) bond motifs is 2. The molecular formula is C48H55BrO12. The van der Waals surface area contributed by atoms with Crippen LogP contribution in [0.15, 0.2) is 120 Å². The normalized spacial score (nSPS) is 31.3. The van der Waals surface area contributed by atoms with Gasteiger partial charge in [0.1, 0.15) is 54.9 Å². The van der Waals surface area contributed by atoms with E-state index in [1.54, 1.807) is 0 Å². The standard InChI is InChI=1S/C48H55BrO12/c1-30(50)55-45-38(53-27-33-19-13-8-14-20-33)37(52-26-32-17-11-7-12-18-32)36(29-51-25-31-15-9-6-10-16-31)56-46(45)57-40-43-41(58-47(2,3)60-43)39(42-44(40)61-48(4,5)59-42)54-28-34-21-23-35(49)24-22-34/h6-24,36-46H,25-29H2,1-5H3/t36-,37-,38+,39?,40?,41-,42-,43-,44+,45+,46-/m1/s1. The zero-order valence-corrected chi connectivity index (χ0v) is 36.7. The van der Waals surface area contributed by atoms with Crippen molar-refractivity contribution >= 4 is 21.9 Å². The summed E-state index contributed by atoms with van der Waals surface area (Å²) in [6.07, 6.45) is -8.74. The summed E-state index contributed by atoms with van der Waals surface area (Å²) in [5.41, 5.74) is 3.86. The SMILES string of the molecule is CC(=O)O[C@@H]1[C@@H](OC2[C@H]3OC(C)(C)O[C@@H]3C(OCc3ccc(Br)cc3)[C@H]3OC(C)(C)O[C@@H]23)O[C@H](COCc2ccccc2)[C@@H](OCc2ccccc2)[C@@H]1OCc1ccccc1. The summed E-state index contributed by atoms with van der Waals surface area (Å²) in [5.74, 6) is -2.54. The predicted molar refractivity (Wildman–Crippen MR) is 226 cm³/mol. The first-order chi connectivity index (χ1) is 29.4. The number of hydrogen-bond acceptors (Lipinski definition) is 12. The molecule has 0 N–H and O–H groups in total. The van der Waals surface area contributed by atoms with E-state index < -0.39 is 84.9 Å². The maximum Gasteiger partial charge on any atom is 0.303 e. The fraction of sp³-hybridized carbons (Fsp3) is 0.479. The average Bonchev–Trinajstić information content (AvgIpc) is 3.75. The molecule has 2 unspecified atom stereocenters. The van der Waals surface area contributed by atoms with Crippen LogP contribution in [0.5, 0.6) is 0 Å². The van der Waals surface area contributed by atoms with Gasteiger partial charge in [-0.15, -0.1) is 0 Å². The Labute approximate surface area is 366 Å². The molecule has 11 atom stereocenters. The number of ether oxygens (including phenoxy) is 11. The van der Waals surface area contributed by atoms with E-state index in [4.69, 9.17) is 52.1 Å². The van der Waals surface area contributed by atoms with Gasteiger partial charge in [-0.2, -0.15) is 0 Å². The Balaban J connectivity index is 1.13. The van der Waals surface area contributed by atoms with Gasteiger partial charge in [0.2, 0.25) is 0 Å². The maximum atomic E-state index is 13.1. The molecule has 0 radical (unpaired) electrons. The fourth-order valence-electron chi connectivity index (χ4n) is 8.53. The molecule has 4 aromatic rings. The zero-order chi connectivity index (χ0) is 42.6. The molecular weight excluding hydrogens is 848 g/mol. The van der Waals surface area contributed by atoms with E-state index in [2.05, 4.69) is 15.9 Å². The van der Waals surface area contributed by atoms with Crippen LogP contribution in [-0.2, 0) is 83.3 Å². The van der Waals surface area contributed by atoms with Crippen LogP contribution >= 0.6 is 15.9 Å². The van der Waals surface area contributed by atoms with Gasteiger partial charge in [-0.1, -0.05) is 119 Å². The molecule has 12 nitrogen and oxygen atoms in total. The highest BCUT2D eigenvalue weighted by atomic mass is 79.9. The van der Waals surface area contributed by atoms with Gasteiger partial charge in [-0.3, -0.25) is 4.79 Å². The van der Waals surface area contributed by atoms with Crippen LogP contribution in [0.4, 0.5) is 0 Å². The Morgan fingerprint density at radius 2 is 0.967 bits per heavy atom. The first-order valence-corrected chi connectivity index (χ1v) is 21.7. The topological polar surface area (TPSA) is 119 Å². The monoisotopic (exact) mass is 902 g/mol. The molecule has 1 aliphatic carbocycles. The molecule has 0 bridgehead atoms. The summed E-state index contributed by atoms with van der Waals surface area (Å²) in [6, 6.07) is 37.5. The number of halogens is 1. The molecule has 3 heterocycles. The van der Waals surface area contributed by atoms with Gasteiger partial charge in [-0.05, 0) is 62.1 Å². The molecule has 3 aliphatic heterocycles. The second-order valence-corrected chi connectivity index (χ2v) is 17.7. The van der Waals surface area contributed by atoms with Crippen molar-refractivity contribution in [2.45, 2.75) is 140 Å². The minimum atomic E-state index is -1.20. The van der Waals surface area contributed by atoms with Crippen LogP contribution in [-0.4, -0.2) is 91.5 Å². The average molecular weight is 904 g/mol. The molecule has 4 aliphatic rings. The van der Waals surface area contributed by atoms with Crippen LogP contribution in [0.1, 0.15) is 56.9 Å². The van der Waals surface area contributed by atoms with Gasteiger partial charge < -0.3 is 52.1 Å². The number of benzene rings is 4. The van der Waals surface area contributed by atoms with Crippen LogP contribution in [0.2, 0.25) is 0 Å². The number of carbonyl (C=O) groups excluding carboxylic acids is 1. The molecule has 0 spiro atoms. The van der Waals surface area contributed by atoms with E-state index in [0.29, 0.717) is 13.2 Å². The quantitative estimate of drug-likeness (QED) is 0.102. The van der Waals surface area contributed by atoms with E-state index in [1.165, 1.54) is 6.92 Å².